The molecule has 2 nitrogen and oxygen atoms in total. The van der Waals surface area contributed by atoms with Gasteiger partial charge in [0.05, 0.1) is 21.3 Å². The summed E-state index contributed by atoms with van der Waals surface area (Å²) in [5, 5.41) is 3.91. The van der Waals surface area contributed by atoms with Crippen molar-refractivity contribution in [3.8, 4) is 0 Å². The van der Waals surface area contributed by atoms with E-state index in [9.17, 15) is 4.79 Å². The van der Waals surface area contributed by atoms with Crippen LogP contribution in [0.3, 0.4) is 0 Å². The van der Waals surface area contributed by atoms with Crippen LogP contribution >= 0.6 is 50.7 Å². The summed E-state index contributed by atoms with van der Waals surface area (Å²) in [5.41, 5.74) is 0.842. The summed E-state index contributed by atoms with van der Waals surface area (Å²) in [6, 6.07) is 9.86. The second-order valence-corrected chi connectivity index (χ2v) is 5.87. The maximum atomic E-state index is 12.1. The molecule has 6 heteroatoms. The Labute approximate surface area is 133 Å². The molecule has 0 spiro atoms. The second kappa shape index (κ2) is 6.14. The molecular formula is C13H7BrCl3NO. The van der Waals surface area contributed by atoms with Crippen molar-refractivity contribution >= 4 is 62.3 Å². The fourth-order valence-electron chi connectivity index (χ4n) is 1.46. The largest absolute Gasteiger partial charge is 0.321 e. The molecule has 0 unspecified atom stereocenters. The Kier molecular flexibility index (Phi) is 4.74. The van der Waals surface area contributed by atoms with Gasteiger partial charge in [0.15, 0.2) is 0 Å². The van der Waals surface area contributed by atoms with Gasteiger partial charge in [0.2, 0.25) is 0 Å². The molecule has 0 aliphatic heterocycles. The Bertz CT molecular complexity index is 646. The summed E-state index contributed by atoms with van der Waals surface area (Å²) in [7, 11) is 0. The van der Waals surface area contributed by atoms with Crippen LogP contribution in [-0.2, 0) is 0 Å². The number of rotatable bonds is 2. The lowest BCUT2D eigenvalue weighted by molar-refractivity contribution is 0.102. The number of carbonyl (C=O) groups is 1. The monoisotopic (exact) mass is 377 g/mol. The van der Waals surface area contributed by atoms with Crippen molar-refractivity contribution in [3.05, 3.63) is 61.5 Å². The standard InChI is InChI=1S/C13H7BrCl3NO/c14-7-1-4-10(16)12(5-7)18-13(19)9-3-2-8(15)6-11(9)17/h1-6H,(H,18,19). The minimum atomic E-state index is -0.346. The quantitative estimate of drug-likeness (QED) is 0.716. The van der Waals surface area contributed by atoms with Gasteiger partial charge in [-0.1, -0.05) is 50.7 Å². The number of nitrogens with one attached hydrogen (secondary N) is 1. The molecule has 1 amide bonds. The lowest BCUT2D eigenvalue weighted by Gasteiger charge is -2.09. The lowest BCUT2D eigenvalue weighted by atomic mass is 10.2. The molecule has 98 valence electrons. The first-order chi connectivity index (χ1) is 8.97. The fraction of sp³-hybridized carbons (Fsp3) is 0. The van der Waals surface area contributed by atoms with Crippen LogP contribution in [-0.4, -0.2) is 5.91 Å². The number of hydrogen-bond donors (Lipinski definition) is 1. The molecular weight excluding hydrogens is 372 g/mol. The third-order valence-corrected chi connectivity index (χ3v) is 3.72. The average Bonchev–Trinajstić information content (AvgIpc) is 2.33. The molecule has 0 bridgehead atoms. The predicted octanol–water partition coefficient (Wildman–Crippen LogP) is 5.66. The van der Waals surface area contributed by atoms with Gasteiger partial charge in [-0.3, -0.25) is 4.79 Å². The highest BCUT2D eigenvalue weighted by Crippen LogP contribution is 2.27. The fourth-order valence-corrected chi connectivity index (χ4v) is 2.48. The number of hydrogen-bond acceptors (Lipinski definition) is 1. The minimum absolute atomic E-state index is 0.288. The van der Waals surface area contributed by atoms with Crippen molar-refractivity contribution in [2.24, 2.45) is 0 Å². The number of halogens is 4. The first-order valence-electron chi connectivity index (χ1n) is 5.19. The smallest absolute Gasteiger partial charge is 0.257 e. The average molecular weight is 379 g/mol. The van der Waals surface area contributed by atoms with E-state index in [2.05, 4.69) is 21.2 Å². The summed E-state index contributed by atoms with van der Waals surface area (Å²) in [5.74, 6) is -0.346. The molecule has 0 radical (unpaired) electrons. The maximum absolute atomic E-state index is 12.1. The third kappa shape index (κ3) is 3.63. The highest BCUT2D eigenvalue weighted by molar-refractivity contribution is 9.10. The molecule has 0 aliphatic rings. The van der Waals surface area contributed by atoms with Crippen molar-refractivity contribution in [1.82, 2.24) is 0 Å². The molecule has 0 saturated carbocycles. The van der Waals surface area contributed by atoms with Crippen molar-refractivity contribution in [3.63, 3.8) is 0 Å². The van der Waals surface area contributed by atoms with Crippen LogP contribution in [0.2, 0.25) is 15.1 Å². The zero-order valence-electron chi connectivity index (χ0n) is 9.38. The summed E-state index contributed by atoms with van der Waals surface area (Å²) < 4.78 is 0.814. The predicted molar refractivity (Wildman–Crippen MR) is 83.6 cm³/mol. The molecule has 0 heterocycles. The maximum Gasteiger partial charge on any atom is 0.257 e. The Morgan fingerprint density at radius 1 is 1.00 bits per heavy atom. The molecule has 0 fully saturated rings. The summed E-state index contributed by atoms with van der Waals surface area (Å²) in [4.78, 5) is 12.1. The molecule has 0 saturated heterocycles. The zero-order valence-corrected chi connectivity index (χ0v) is 13.2. The van der Waals surface area contributed by atoms with Gasteiger partial charge in [0, 0.05) is 9.50 Å². The van der Waals surface area contributed by atoms with E-state index in [1.165, 1.54) is 6.07 Å². The van der Waals surface area contributed by atoms with E-state index < -0.39 is 0 Å². The van der Waals surface area contributed by atoms with E-state index in [1.54, 1.807) is 30.3 Å². The van der Waals surface area contributed by atoms with Gasteiger partial charge in [-0.15, -0.1) is 0 Å². The highest BCUT2D eigenvalue weighted by Gasteiger charge is 2.12. The van der Waals surface area contributed by atoms with Gasteiger partial charge < -0.3 is 5.32 Å². The topological polar surface area (TPSA) is 29.1 Å². The van der Waals surface area contributed by atoms with Crippen molar-refractivity contribution in [2.45, 2.75) is 0 Å². The van der Waals surface area contributed by atoms with Gasteiger partial charge in [-0.2, -0.15) is 0 Å². The van der Waals surface area contributed by atoms with Gasteiger partial charge in [-0.05, 0) is 36.4 Å². The summed E-state index contributed by atoms with van der Waals surface area (Å²) >= 11 is 21.1. The van der Waals surface area contributed by atoms with E-state index in [0.717, 1.165) is 4.47 Å². The Morgan fingerprint density at radius 3 is 2.42 bits per heavy atom. The van der Waals surface area contributed by atoms with Crippen LogP contribution in [0.25, 0.3) is 0 Å². The highest BCUT2D eigenvalue weighted by atomic mass is 79.9. The van der Waals surface area contributed by atoms with Gasteiger partial charge >= 0.3 is 0 Å². The van der Waals surface area contributed by atoms with Crippen LogP contribution in [0.15, 0.2) is 40.9 Å². The molecule has 0 aromatic heterocycles. The van der Waals surface area contributed by atoms with Crippen LogP contribution in [0, 0.1) is 0 Å². The van der Waals surface area contributed by atoms with Crippen molar-refractivity contribution in [1.29, 1.82) is 0 Å². The Balaban J connectivity index is 2.28. The van der Waals surface area contributed by atoms with Crippen LogP contribution in [0.5, 0.6) is 0 Å². The molecule has 0 aliphatic carbocycles. The number of carbonyl (C=O) groups excluding carboxylic acids is 1. The van der Waals surface area contributed by atoms with E-state index >= 15 is 0 Å². The summed E-state index contributed by atoms with van der Waals surface area (Å²) in [6.07, 6.45) is 0. The SMILES string of the molecule is O=C(Nc1cc(Br)ccc1Cl)c1ccc(Cl)cc1Cl. The van der Waals surface area contributed by atoms with Crippen LogP contribution in [0.1, 0.15) is 10.4 Å². The number of anilines is 1. The summed E-state index contributed by atoms with van der Waals surface area (Å²) in [6.45, 7) is 0. The first-order valence-corrected chi connectivity index (χ1v) is 7.11. The Hall–Kier alpha value is -0.740. The van der Waals surface area contributed by atoms with Gasteiger partial charge in [-0.25, -0.2) is 0 Å². The minimum Gasteiger partial charge on any atom is -0.321 e. The van der Waals surface area contributed by atoms with E-state index in [1.807, 2.05) is 0 Å². The van der Waals surface area contributed by atoms with Crippen molar-refractivity contribution in [2.75, 3.05) is 5.32 Å². The molecule has 2 rings (SSSR count). The van der Waals surface area contributed by atoms with E-state index in [0.29, 0.717) is 21.3 Å². The first kappa shape index (κ1) is 14.7. The molecule has 2 aromatic rings. The second-order valence-electron chi connectivity index (χ2n) is 3.70. The number of benzene rings is 2. The zero-order chi connectivity index (χ0) is 14.0. The molecule has 2 aromatic carbocycles. The third-order valence-electron chi connectivity index (χ3n) is 2.35. The van der Waals surface area contributed by atoms with Crippen LogP contribution in [0.4, 0.5) is 5.69 Å². The van der Waals surface area contributed by atoms with E-state index in [-0.39, 0.29) is 10.9 Å². The molecule has 0 atom stereocenters. The number of amides is 1. The van der Waals surface area contributed by atoms with Crippen LogP contribution < -0.4 is 5.32 Å². The van der Waals surface area contributed by atoms with E-state index in [4.69, 9.17) is 34.8 Å². The normalized spacial score (nSPS) is 10.3. The van der Waals surface area contributed by atoms with Crippen molar-refractivity contribution < 1.29 is 4.79 Å². The van der Waals surface area contributed by atoms with Gasteiger partial charge in [0.1, 0.15) is 0 Å². The lowest BCUT2D eigenvalue weighted by Crippen LogP contribution is -2.12. The Morgan fingerprint density at radius 2 is 1.74 bits per heavy atom. The molecule has 19 heavy (non-hydrogen) atoms. The van der Waals surface area contributed by atoms with Gasteiger partial charge in [0.25, 0.3) is 5.91 Å². The molecule has 1 N–H and O–H groups in total.